The summed E-state index contributed by atoms with van der Waals surface area (Å²) in [5.41, 5.74) is -1.85. The lowest BCUT2D eigenvalue weighted by Gasteiger charge is -2.27. The fourth-order valence-electron chi connectivity index (χ4n) is 2.03. The van der Waals surface area contributed by atoms with Crippen LogP contribution < -0.4 is 0 Å². The highest BCUT2D eigenvalue weighted by Crippen LogP contribution is 2.43. The minimum atomic E-state index is -4.74. The van der Waals surface area contributed by atoms with E-state index in [1.165, 1.54) is 6.92 Å². The molecule has 1 fully saturated rings. The van der Waals surface area contributed by atoms with Crippen LogP contribution in [0.3, 0.4) is 0 Å². The predicted molar refractivity (Wildman–Crippen MR) is 43.5 cm³/mol. The molecule has 0 aromatic heterocycles. The molecule has 14 heavy (non-hydrogen) atoms. The summed E-state index contributed by atoms with van der Waals surface area (Å²) in [6, 6.07) is 0. The second-order valence-corrected chi connectivity index (χ2v) is 3.97. The van der Waals surface area contributed by atoms with E-state index in [2.05, 4.69) is 4.74 Å². The van der Waals surface area contributed by atoms with Gasteiger partial charge in [0, 0.05) is 0 Å². The number of hydrogen-bond acceptors (Lipinski definition) is 1. The van der Waals surface area contributed by atoms with Gasteiger partial charge in [0.1, 0.15) is 11.8 Å². The Kier molecular flexibility index (Phi) is 3.09. The minimum absolute atomic E-state index is 0.145. The molecular formula is C9H14F4O. The van der Waals surface area contributed by atoms with Crippen molar-refractivity contribution in [3.63, 3.8) is 0 Å². The average molecular weight is 214 g/mol. The molecule has 84 valence electrons. The Hall–Kier alpha value is -0.320. The van der Waals surface area contributed by atoms with E-state index in [1.54, 1.807) is 6.92 Å². The quantitative estimate of drug-likeness (QED) is 0.640. The van der Waals surface area contributed by atoms with Gasteiger partial charge in [0.2, 0.25) is 0 Å². The van der Waals surface area contributed by atoms with Gasteiger partial charge in [-0.15, -0.1) is 13.2 Å². The van der Waals surface area contributed by atoms with Gasteiger partial charge in [0.25, 0.3) is 0 Å². The Morgan fingerprint density at radius 2 is 2.00 bits per heavy atom. The topological polar surface area (TPSA) is 9.23 Å². The first kappa shape index (κ1) is 11.8. The van der Waals surface area contributed by atoms with Crippen LogP contribution in [0.5, 0.6) is 0 Å². The zero-order valence-corrected chi connectivity index (χ0v) is 8.20. The van der Waals surface area contributed by atoms with Crippen molar-refractivity contribution >= 4 is 0 Å². The molecule has 0 aromatic rings. The standard InChI is InChI=1S/C9H14F4O/c1-3-6-4-5-8(2,10)7(6)14-9(11,12)13/h6-7H,3-5H2,1-2H3. The van der Waals surface area contributed by atoms with E-state index < -0.39 is 18.1 Å². The fourth-order valence-corrected chi connectivity index (χ4v) is 2.03. The van der Waals surface area contributed by atoms with Gasteiger partial charge in [-0.3, -0.25) is 4.74 Å². The number of halogens is 4. The summed E-state index contributed by atoms with van der Waals surface area (Å²) in [7, 11) is 0. The summed E-state index contributed by atoms with van der Waals surface area (Å²) in [5, 5.41) is 0. The maximum atomic E-state index is 13.6. The molecule has 1 saturated carbocycles. The minimum Gasteiger partial charge on any atom is -0.285 e. The van der Waals surface area contributed by atoms with Crippen molar-refractivity contribution in [1.82, 2.24) is 0 Å². The van der Waals surface area contributed by atoms with Crippen LogP contribution in [-0.4, -0.2) is 18.1 Å². The van der Waals surface area contributed by atoms with Gasteiger partial charge in [0.05, 0.1) is 0 Å². The van der Waals surface area contributed by atoms with E-state index in [4.69, 9.17) is 0 Å². The second-order valence-electron chi connectivity index (χ2n) is 3.97. The summed E-state index contributed by atoms with van der Waals surface area (Å²) < 4.78 is 53.4. The normalized spacial score (nSPS) is 39.0. The van der Waals surface area contributed by atoms with Crippen LogP contribution in [0.4, 0.5) is 17.6 Å². The molecule has 0 saturated heterocycles. The van der Waals surface area contributed by atoms with E-state index in [1.807, 2.05) is 0 Å². The molecule has 5 heteroatoms. The van der Waals surface area contributed by atoms with Crippen LogP contribution in [0.25, 0.3) is 0 Å². The fraction of sp³-hybridized carbons (Fsp3) is 1.00. The lowest BCUT2D eigenvalue weighted by molar-refractivity contribution is -0.357. The number of rotatable bonds is 2. The first-order valence-electron chi connectivity index (χ1n) is 4.69. The third kappa shape index (κ3) is 2.59. The van der Waals surface area contributed by atoms with Gasteiger partial charge in [-0.2, -0.15) is 0 Å². The predicted octanol–water partition coefficient (Wildman–Crippen LogP) is 3.44. The lowest BCUT2D eigenvalue weighted by Crippen LogP contribution is -2.39. The first-order chi connectivity index (χ1) is 6.26. The highest BCUT2D eigenvalue weighted by Gasteiger charge is 2.50. The smallest absolute Gasteiger partial charge is 0.285 e. The number of ether oxygens (including phenoxy) is 1. The van der Waals surface area contributed by atoms with Crippen LogP contribution in [-0.2, 0) is 4.74 Å². The molecule has 1 aliphatic rings. The molecule has 0 aromatic carbocycles. The summed E-state index contributed by atoms with van der Waals surface area (Å²) in [6.07, 6.45) is -4.96. The highest BCUT2D eigenvalue weighted by molar-refractivity contribution is 4.95. The van der Waals surface area contributed by atoms with Crippen LogP contribution in [0.1, 0.15) is 33.1 Å². The maximum Gasteiger partial charge on any atom is 0.522 e. The molecule has 1 aliphatic carbocycles. The number of hydrogen-bond donors (Lipinski definition) is 0. The van der Waals surface area contributed by atoms with Crippen LogP contribution in [0.2, 0.25) is 0 Å². The van der Waals surface area contributed by atoms with Gasteiger partial charge in [-0.1, -0.05) is 13.3 Å². The van der Waals surface area contributed by atoms with Gasteiger partial charge < -0.3 is 0 Å². The third-order valence-electron chi connectivity index (χ3n) is 2.81. The molecule has 1 nitrogen and oxygen atoms in total. The average Bonchev–Trinajstić information content (AvgIpc) is 2.25. The van der Waals surface area contributed by atoms with Crippen molar-refractivity contribution in [1.29, 1.82) is 0 Å². The molecular weight excluding hydrogens is 200 g/mol. The van der Waals surface area contributed by atoms with Gasteiger partial charge in [0.15, 0.2) is 0 Å². The third-order valence-corrected chi connectivity index (χ3v) is 2.81. The van der Waals surface area contributed by atoms with Crippen molar-refractivity contribution in [3.05, 3.63) is 0 Å². The lowest BCUT2D eigenvalue weighted by atomic mass is 9.98. The monoisotopic (exact) mass is 214 g/mol. The van der Waals surface area contributed by atoms with Gasteiger partial charge in [-0.05, 0) is 25.7 Å². The zero-order chi connectivity index (χ0) is 11.0. The number of alkyl halides is 4. The molecule has 3 unspecified atom stereocenters. The van der Waals surface area contributed by atoms with E-state index in [9.17, 15) is 17.6 Å². The van der Waals surface area contributed by atoms with E-state index in [0.29, 0.717) is 12.8 Å². The van der Waals surface area contributed by atoms with Gasteiger partial charge >= 0.3 is 6.36 Å². The largest absolute Gasteiger partial charge is 0.522 e. The van der Waals surface area contributed by atoms with Gasteiger partial charge in [-0.25, -0.2) is 4.39 Å². The summed E-state index contributed by atoms with van der Waals surface area (Å²) in [6.45, 7) is 2.93. The second kappa shape index (κ2) is 3.68. The van der Waals surface area contributed by atoms with Crippen LogP contribution in [0.15, 0.2) is 0 Å². The zero-order valence-electron chi connectivity index (χ0n) is 8.20. The SMILES string of the molecule is CCC1CCC(C)(F)C1OC(F)(F)F. The molecule has 0 N–H and O–H groups in total. The first-order valence-corrected chi connectivity index (χ1v) is 4.69. The molecule has 0 bridgehead atoms. The van der Waals surface area contributed by atoms with E-state index in [0.717, 1.165) is 0 Å². The summed E-state index contributed by atoms with van der Waals surface area (Å²) in [5.74, 6) is -0.327. The van der Waals surface area contributed by atoms with Crippen LogP contribution in [0, 0.1) is 5.92 Å². The molecule has 0 spiro atoms. The van der Waals surface area contributed by atoms with Crippen molar-refractivity contribution in [2.75, 3.05) is 0 Å². The Bertz CT molecular complexity index is 199. The van der Waals surface area contributed by atoms with E-state index in [-0.39, 0.29) is 12.3 Å². The summed E-state index contributed by atoms with van der Waals surface area (Å²) >= 11 is 0. The van der Waals surface area contributed by atoms with Crippen molar-refractivity contribution < 1.29 is 22.3 Å². The highest BCUT2D eigenvalue weighted by atomic mass is 19.4. The van der Waals surface area contributed by atoms with Crippen molar-refractivity contribution in [3.8, 4) is 0 Å². The Morgan fingerprint density at radius 1 is 1.43 bits per heavy atom. The molecule has 0 radical (unpaired) electrons. The Labute approximate surface area is 80.4 Å². The van der Waals surface area contributed by atoms with E-state index >= 15 is 0 Å². The molecule has 3 atom stereocenters. The van der Waals surface area contributed by atoms with Crippen LogP contribution >= 0.6 is 0 Å². The molecule has 0 aliphatic heterocycles. The van der Waals surface area contributed by atoms with Crippen molar-refractivity contribution in [2.24, 2.45) is 5.92 Å². The molecule has 0 heterocycles. The molecule has 1 rings (SSSR count). The molecule has 0 amide bonds. The summed E-state index contributed by atoms with van der Waals surface area (Å²) in [4.78, 5) is 0. The van der Waals surface area contributed by atoms with Crippen molar-refractivity contribution in [2.45, 2.75) is 51.2 Å². The maximum absolute atomic E-state index is 13.6. The Morgan fingerprint density at radius 3 is 2.43 bits per heavy atom. The Balaban J connectivity index is 2.70.